The zero-order chi connectivity index (χ0) is 40.3. The lowest BCUT2D eigenvalue weighted by atomic mass is 9.89. The van der Waals surface area contributed by atoms with E-state index < -0.39 is 8.07 Å². The van der Waals surface area contributed by atoms with Gasteiger partial charge in [0.1, 0.15) is 11.0 Å². The average Bonchev–Trinajstić information content (AvgIpc) is 3.97. The summed E-state index contributed by atoms with van der Waals surface area (Å²) >= 11 is 0. The third kappa shape index (κ3) is 6.12. The number of aryl methyl sites for hydroxylation is 2. The van der Waals surface area contributed by atoms with Crippen LogP contribution in [0.4, 0.5) is 0 Å². The van der Waals surface area contributed by atoms with Crippen molar-refractivity contribution in [1.29, 1.82) is 0 Å². The van der Waals surface area contributed by atoms with Crippen LogP contribution in [-0.2, 0) is 0 Å². The first-order valence-corrected chi connectivity index (χ1v) is 22.3. The second-order valence-electron chi connectivity index (χ2n) is 16.7. The fraction of sp³-hybridized carbons (Fsp3) is 0.111. The lowest BCUT2D eigenvalue weighted by Crippen LogP contribution is -2.56. The van der Waals surface area contributed by atoms with Crippen LogP contribution in [0.15, 0.2) is 185 Å². The Labute approximate surface area is 346 Å². The molecule has 0 unspecified atom stereocenters. The van der Waals surface area contributed by atoms with Crippen molar-refractivity contribution in [3.05, 3.63) is 209 Å². The van der Waals surface area contributed by atoms with E-state index in [4.69, 9.17) is 18.8 Å². The highest BCUT2D eigenvalue weighted by molar-refractivity contribution is 7.23. The first kappa shape index (κ1) is 36.5. The van der Waals surface area contributed by atoms with Gasteiger partial charge in [-0.05, 0) is 128 Å². The molecule has 286 valence electrons. The van der Waals surface area contributed by atoms with Gasteiger partial charge in [0.2, 0.25) is 11.8 Å². The Morgan fingerprint density at radius 3 is 1.22 bits per heavy atom. The third-order valence-electron chi connectivity index (χ3n) is 11.8. The molecule has 3 heterocycles. The molecule has 0 atom stereocenters. The average molecular weight is 781 g/mol. The third-order valence-corrected chi connectivity index (χ3v) is 17.9. The Kier molecular flexibility index (Phi) is 8.80. The van der Waals surface area contributed by atoms with Crippen LogP contribution in [0.25, 0.3) is 66.6 Å². The first-order chi connectivity index (χ1) is 28.7. The van der Waals surface area contributed by atoms with E-state index in [1.54, 1.807) is 0 Å². The number of nitrogens with zero attached hydrogens (tertiary/aromatic N) is 2. The van der Waals surface area contributed by atoms with Crippen molar-refractivity contribution in [2.45, 2.75) is 39.7 Å². The van der Waals surface area contributed by atoms with Crippen LogP contribution in [0.5, 0.6) is 0 Å². The lowest BCUT2D eigenvalue weighted by molar-refractivity contribution is 0.619. The molecule has 4 nitrogen and oxygen atoms in total. The van der Waals surface area contributed by atoms with Crippen molar-refractivity contribution in [3.8, 4) is 22.9 Å². The number of allylic oxidation sites excluding steroid dienone is 2. The number of hydrogen-bond acceptors (Lipinski definition) is 4. The van der Waals surface area contributed by atoms with Crippen LogP contribution in [0.2, 0.25) is 5.04 Å². The van der Waals surface area contributed by atoms with Gasteiger partial charge >= 0.3 is 0 Å². The van der Waals surface area contributed by atoms with Gasteiger partial charge in [0, 0.05) is 11.1 Å². The largest absolute Gasteiger partial charge is 0.436 e. The van der Waals surface area contributed by atoms with Gasteiger partial charge in [-0.1, -0.05) is 148 Å². The maximum absolute atomic E-state index is 6.47. The van der Waals surface area contributed by atoms with Crippen LogP contribution in [0.1, 0.15) is 54.2 Å². The minimum absolute atomic E-state index is 0.230. The van der Waals surface area contributed by atoms with Gasteiger partial charge in [0.25, 0.3) is 0 Å². The zero-order valence-corrected chi connectivity index (χ0v) is 35.0. The minimum Gasteiger partial charge on any atom is -0.436 e. The predicted octanol–water partition coefficient (Wildman–Crippen LogP) is 13.7. The number of aromatic nitrogens is 2. The minimum atomic E-state index is -3.11. The molecule has 0 saturated heterocycles. The topological polar surface area (TPSA) is 52.1 Å². The van der Waals surface area contributed by atoms with Crippen LogP contribution < -0.4 is 5.19 Å². The Morgan fingerprint density at radius 2 is 0.797 bits per heavy atom. The molecule has 7 aromatic carbocycles. The molecule has 0 N–H and O–H groups in total. The number of fused-ring (bicyclic) bond motifs is 2. The zero-order valence-electron chi connectivity index (χ0n) is 34.0. The maximum atomic E-state index is 6.47. The Hall–Kier alpha value is -6.82. The van der Waals surface area contributed by atoms with E-state index in [0.29, 0.717) is 11.8 Å². The van der Waals surface area contributed by atoms with Crippen molar-refractivity contribution in [3.63, 3.8) is 0 Å². The van der Waals surface area contributed by atoms with E-state index in [-0.39, 0.29) is 5.04 Å². The van der Waals surface area contributed by atoms with Gasteiger partial charge in [-0.3, -0.25) is 0 Å². The molecule has 1 aliphatic heterocycles. The molecule has 10 rings (SSSR count). The highest BCUT2D eigenvalue weighted by atomic mass is 28.3. The summed E-state index contributed by atoms with van der Waals surface area (Å²) in [7, 11) is -3.11. The standard InChI is InChI=1S/C54H44N2O2Si/c1-35-27-29-46-44(31-35)55-52(57-46)41-23-15-21-39(33-41)50-48(37-17-9-6-10-18-37)49(38-19-11-7-12-20-38)51(59(50,54(3,4)5)43-25-13-8-14-26-43)40-22-16-24-42(34-40)53-56-45-32-36(2)28-30-47(45)58-53/h6-34H,1-5H3. The molecule has 1 aliphatic rings. The van der Waals surface area contributed by atoms with Gasteiger partial charge in [0.05, 0.1) is 0 Å². The van der Waals surface area contributed by atoms with E-state index in [2.05, 4.69) is 198 Å². The van der Waals surface area contributed by atoms with Gasteiger partial charge in [-0.2, -0.15) is 0 Å². The van der Waals surface area contributed by atoms with Crippen LogP contribution in [0, 0.1) is 13.8 Å². The molecular formula is C54H44N2O2Si. The van der Waals surface area contributed by atoms with E-state index in [1.165, 1.54) is 49.0 Å². The van der Waals surface area contributed by atoms with Crippen LogP contribution in [0.3, 0.4) is 0 Å². The Balaban J connectivity index is 1.32. The summed E-state index contributed by atoms with van der Waals surface area (Å²) in [6.07, 6.45) is 0. The summed E-state index contributed by atoms with van der Waals surface area (Å²) in [5.41, 5.74) is 14.7. The predicted molar refractivity (Wildman–Crippen MR) is 246 cm³/mol. The SMILES string of the molecule is Cc1ccc2oc(-c3cccc(C4=C(c5ccccc5)C(c5ccccc5)=C(c5cccc(-c6nc7cc(C)ccc7o6)c5)[Si]4(c4ccccc4)C(C)(C)C)c3)nc2c1. The van der Waals surface area contributed by atoms with E-state index >= 15 is 0 Å². The summed E-state index contributed by atoms with van der Waals surface area (Å²) in [5, 5.41) is 3.86. The molecule has 9 aromatic rings. The van der Waals surface area contributed by atoms with Crippen molar-refractivity contribution < 1.29 is 8.83 Å². The van der Waals surface area contributed by atoms with Crippen LogP contribution >= 0.6 is 0 Å². The number of rotatable bonds is 7. The monoisotopic (exact) mass is 780 g/mol. The number of hydrogen-bond donors (Lipinski definition) is 0. The molecule has 0 bridgehead atoms. The smallest absolute Gasteiger partial charge is 0.227 e. The Bertz CT molecular complexity index is 2910. The van der Waals surface area contributed by atoms with E-state index in [1.807, 2.05) is 12.1 Å². The van der Waals surface area contributed by atoms with Crippen molar-refractivity contribution >= 4 is 57.0 Å². The quantitative estimate of drug-likeness (QED) is 0.151. The highest BCUT2D eigenvalue weighted by Gasteiger charge is 2.58. The molecule has 5 heteroatoms. The fourth-order valence-corrected chi connectivity index (χ4v) is 15.7. The number of benzene rings is 7. The lowest BCUT2D eigenvalue weighted by Gasteiger charge is -2.45. The maximum Gasteiger partial charge on any atom is 0.227 e. The van der Waals surface area contributed by atoms with Crippen molar-refractivity contribution in [2.24, 2.45) is 0 Å². The van der Waals surface area contributed by atoms with E-state index in [9.17, 15) is 0 Å². The normalized spacial score (nSPS) is 14.2. The molecule has 59 heavy (non-hydrogen) atoms. The van der Waals surface area contributed by atoms with Crippen LogP contribution in [-0.4, -0.2) is 18.0 Å². The van der Waals surface area contributed by atoms with Gasteiger partial charge < -0.3 is 8.83 Å². The molecule has 0 aliphatic carbocycles. The molecular weight excluding hydrogens is 737 g/mol. The van der Waals surface area contributed by atoms with E-state index in [0.717, 1.165) is 44.5 Å². The molecule has 0 saturated carbocycles. The summed E-state index contributed by atoms with van der Waals surface area (Å²) in [6, 6.07) is 63.4. The summed E-state index contributed by atoms with van der Waals surface area (Å²) in [4.78, 5) is 10.0. The summed E-state index contributed by atoms with van der Waals surface area (Å²) in [5.74, 6) is 1.24. The summed E-state index contributed by atoms with van der Waals surface area (Å²) in [6.45, 7) is 11.5. The highest BCUT2D eigenvalue weighted by Crippen LogP contribution is 2.62. The van der Waals surface area contributed by atoms with Gasteiger partial charge in [-0.25, -0.2) is 9.97 Å². The van der Waals surface area contributed by atoms with Gasteiger partial charge in [-0.15, -0.1) is 0 Å². The molecule has 0 fully saturated rings. The second kappa shape index (κ2) is 14.2. The van der Waals surface area contributed by atoms with Crippen molar-refractivity contribution in [1.82, 2.24) is 9.97 Å². The number of oxazole rings is 2. The Morgan fingerprint density at radius 1 is 0.407 bits per heavy atom. The molecule has 0 amide bonds. The first-order valence-electron chi connectivity index (χ1n) is 20.3. The second-order valence-corrected chi connectivity index (χ2v) is 21.3. The van der Waals surface area contributed by atoms with Gasteiger partial charge in [0.15, 0.2) is 19.2 Å². The molecule has 0 spiro atoms. The molecule has 2 aromatic heterocycles. The fourth-order valence-electron chi connectivity index (χ4n) is 9.36. The summed E-state index contributed by atoms with van der Waals surface area (Å²) < 4.78 is 12.9. The van der Waals surface area contributed by atoms with Crippen molar-refractivity contribution in [2.75, 3.05) is 0 Å². The molecule has 0 radical (unpaired) electrons.